The van der Waals surface area contributed by atoms with E-state index in [1.165, 1.54) is 5.56 Å². The van der Waals surface area contributed by atoms with Gasteiger partial charge < -0.3 is 9.80 Å². The molecule has 1 aromatic heterocycles. The fourth-order valence-corrected chi connectivity index (χ4v) is 3.55. The number of anilines is 1. The SMILES string of the molecule is Cc1c(Cl)c(C(=O)N2c3ccccc3CCC2CN(C)C)nn1C. The first-order valence-corrected chi connectivity index (χ1v) is 8.53. The lowest BCUT2D eigenvalue weighted by molar-refractivity contribution is 0.0962. The molecule has 1 aromatic carbocycles. The van der Waals surface area contributed by atoms with Crippen LogP contribution in [0.1, 0.15) is 28.2 Å². The van der Waals surface area contributed by atoms with Crippen molar-refractivity contribution in [3.05, 3.63) is 46.2 Å². The summed E-state index contributed by atoms with van der Waals surface area (Å²) >= 11 is 6.37. The van der Waals surface area contributed by atoms with Gasteiger partial charge in [0, 0.05) is 19.3 Å². The van der Waals surface area contributed by atoms with Crippen LogP contribution in [-0.2, 0) is 13.5 Å². The number of aromatic nitrogens is 2. The highest BCUT2D eigenvalue weighted by atomic mass is 35.5. The third-order valence-electron chi connectivity index (χ3n) is 4.62. The number of rotatable bonds is 3. The Kier molecular flexibility index (Phi) is 4.65. The Morgan fingerprint density at radius 2 is 2.08 bits per heavy atom. The van der Waals surface area contributed by atoms with Gasteiger partial charge in [-0.1, -0.05) is 29.8 Å². The zero-order valence-electron chi connectivity index (χ0n) is 14.6. The van der Waals surface area contributed by atoms with Crippen molar-refractivity contribution in [2.24, 2.45) is 7.05 Å². The third-order valence-corrected chi connectivity index (χ3v) is 5.07. The zero-order chi connectivity index (χ0) is 17.4. The molecule has 0 spiro atoms. The highest BCUT2D eigenvalue weighted by Gasteiger charge is 2.34. The van der Waals surface area contributed by atoms with Gasteiger partial charge in [0.1, 0.15) is 0 Å². The quantitative estimate of drug-likeness (QED) is 0.858. The van der Waals surface area contributed by atoms with Gasteiger partial charge in [0.15, 0.2) is 5.69 Å². The Morgan fingerprint density at radius 1 is 1.38 bits per heavy atom. The van der Waals surface area contributed by atoms with Gasteiger partial charge in [-0.25, -0.2) is 0 Å². The van der Waals surface area contributed by atoms with Crippen LogP contribution >= 0.6 is 11.6 Å². The number of benzene rings is 1. The molecule has 128 valence electrons. The molecule has 24 heavy (non-hydrogen) atoms. The Hall–Kier alpha value is -1.85. The van der Waals surface area contributed by atoms with E-state index in [2.05, 4.69) is 16.1 Å². The van der Waals surface area contributed by atoms with Gasteiger partial charge in [-0.2, -0.15) is 5.10 Å². The Bertz CT molecular complexity index is 768. The molecule has 2 heterocycles. The van der Waals surface area contributed by atoms with Crippen molar-refractivity contribution < 1.29 is 4.79 Å². The summed E-state index contributed by atoms with van der Waals surface area (Å²) < 4.78 is 1.66. The van der Waals surface area contributed by atoms with Crippen LogP contribution < -0.4 is 4.90 Å². The fraction of sp³-hybridized carbons (Fsp3) is 0.444. The minimum atomic E-state index is -0.123. The van der Waals surface area contributed by atoms with Gasteiger partial charge in [0.05, 0.1) is 16.8 Å². The Balaban J connectivity index is 2.05. The van der Waals surface area contributed by atoms with E-state index >= 15 is 0 Å². The van der Waals surface area contributed by atoms with E-state index in [-0.39, 0.29) is 11.9 Å². The van der Waals surface area contributed by atoms with Crippen molar-refractivity contribution in [1.82, 2.24) is 14.7 Å². The Labute approximate surface area is 147 Å². The smallest absolute Gasteiger partial charge is 0.280 e. The number of hydrogen-bond acceptors (Lipinski definition) is 3. The molecule has 5 nitrogen and oxygen atoms in total. The summed E-state index contributed by atoms with van der Waals surface area (Å²) in [6.45, 7) is 2.68. The maximum atomic E-state index is 13.3. The van der Waals surface area contributed by atoms with Crippen molar-refractivity contribution in [2.75, 3.05) is 25.5 Å². The molecule has 1 atom stereocenters. The number of fused-ring (bicyclic) bond motifs is 1. The molecule has 1 aliphatic heterocycles. The molecule has 0 bridgehead atoms. The number of amides is 1. The van der Waals surface area contributed by atoms with E-state index in [1.807, 2.05) is 44.1 Å². The van der Waals surface area contributed by atoms with E-state index in [4.69, 9.17) is 11.6 Å². The molecule has 0 fully saturated rings. The molecular weight excluding hydrogens is 324 g/mol. The minimum absolute atomic E-state index is 0.112. The predicted molar refractivity (Wildman–Crippen MR) is 96.9 cm³/mol. The minimum Gasteiger partial charge on any atom is -0.307 e. The number of likely N-dealkylation sites (N-methyl/N-ethyl adjacent to an activating group) is 1. The first kappa shape index (κ1) is 17.0. The van der Waals surface area contributed by atoms with E-state index in [0.29, 0.717) is 10.7 Å². The van der Waals surface area contributed by atoms with Crippen LogP contribution in [0.25, 0.3) is 0 Å². The maximum absolute atomic E-state index is 13.3. The van der Waals surface area contributed by atoms with E-state index in [1.54, 1.807) is 11.7 Å². The van der Waals surface area contributed by atoms with Crippen molar-refractivity contribution in [3.63, 3.8) is 0 Å². The molecule has 0 aliphatic carbocycles. The van der Waals surface area contributed by atoms with Crippen LogP contribution in [0.15, 0.2) is 24.3 Å². The number of aryl methyl sites for hydroxylation is 2. The average Bonchev–Trinajstić information content (AvgIpc) is 2.81. The fourth-order valence-electron chi connectivity index (χ4n) is 3.31. The van der Waals surface area contributed by atoms with Crippen LogP contribution in [0.5, 0.6) is 0 Å². The van der Waals surface area contributed by atoms with Gasteiger partial charge in [0.25, 0.3) is 5.91 Å². The second-order valence-electron chi connectivity index (χ2n) is 6.63. The molecule has 1 aliphatic rings. The Morgan fingerprint density at radius 3 is 2.71 bits per heavy atom. The summed E-state index contributed by atoms with van der Waals surface area (Å²) in [5, 5.41) is 4.79. The first-order chi connectivity index (χ1) is 11.4. The van der Waals surface area contributed by atoms with E-state index in [0.717, 1.165) is 30.8 Å². The molecule has 0 saturated carbocycles. The molecule has 1 amide bonds. The number of carbonyl (C=O) groups is 1. The maximum Gasteiger partial charge on any atom is 0.280 e. The number of nitrogens with zero attached hydrogens (tertiary/aromatic N) is 4. The molecular formula is C18H23ClN4O. The van der Waals surface area contributed by atoms with E-state index in [9.17, 15) is 4.79 Å². The van der Waals surface area contributed by atoms with Crippen LogP contribution in [0.3, 0.4) is 0 Å². The highest BCUT2D eigenvalue weighted by molar-refractivity contribution is 6.34. The highest BCUT2D eigenvalue weighted by Crippen LogP contribution is 2.33. The largest absolute Gasteiger partial charge is 0.307 e. The molecule has 0 N–H and O–H groups in total. The van der Waals surface area contributed by atoms with Crippen molar-refractivity contribution >= 4 is 23.2 Å². The van der Waals surface area contributed by atoms with Crippen molar-refractivity contribution in [1.29, 1.82) is 0 Å². The lowest BCUT2D eigenvalue weighted by Gasteiger charge is -2.38. The van der Waals surface area contributed by atoms with Gasteiger partial charge >= 0.3 is 0 Å². The van der Waals surface area contributed by atoms with Crippen molar-refractivity contribution in [2.45, 2.75) is 25.8 Å². The predicted octanol–water partition coefficient (Wildman–Crippen LogP) is 2.91. The zero-order valence-corrected chi connectivity index (χ0v) is 15.3. The van der Waals surface area contributed by atoms with Crippen LogP contribution in [0.2, 0.25) is 5.02 Å². The van der Waals surface area contributed by atoms with Crippen LogP contribution in [-0.4, -0.2) is 47.3 Å². The summed E-state index contributed by atoms with van der Waals surface area (Å²) in [5.41, 5.74) is 3.30. The third kappa shape index (κ3) is 2.94. The van der Waals surface area contributed by atoms with E-state index < -0.39 is 0 Å². The second kappa shape index (κ2) is 6.57. The average molecular weight is 347 g/mol. The molecule has 3 rings (SSSR count). The normalized spacial score (nSPS) is 17.2. The molecule has 2 aromatic rings. The first-order valence-electron chi connectivity index (χ1n) is 8.15. The standard InChI is InChI=1S/C18H23ClN4O/c1-12-16(19)17(20-22(12)4)18(24)23-14(11-21(2)3)10-9-13-7-5-6-8-15(13)23/h5-8,14H,9-11H2,1-4H3. The molecule has 0 radical (unpaired) electrons. The number of carbonyl (C=O) groups excluding carboxylic acids is 1. The molecule has 6 heteroatoms. The van der Waals surface area contributed by atoms with Crippen molar-refractivity contribution in [3.8, 4) is 0 Å². The lowest BCUT2D eigenvalue weighted by atomic mass is 9.95. The van der Waals surface area contributed by atoms with Crippen LogP contribution in [0.4, 0.5) is 5.69 Å². The number of para-hydroxylation sites is 1. The summed E-state index contributed by atoms with van der Waals surface area (Å²) in [4.78, 5) is 17.3. The molecule has 1 unspecified atom stereocenters. The van der Waals surface area contributed by atoms with Gasteiger partial charge in [-0.15, -0.1) is 0 Å². The summed E-state index contributed by atoms with van der Waals surface area (Å²) in [5.74, 6) is -0.123. The summed E-state index contributed by atoms with van der Waals surface area (Å²) in [6.07, 6.45) is 1.91. The monoisotopic (exact) mass is 346 g/mol. The van der Waals surface area contributed by atoms with Gasteiger partial charge in [-0.3, -0.25) is 9.48 Å². The lowest BCUT2D eigenvalue weighted by Crippen LogP contribution is -2.48. The van der Waals surface area contributed by atoms with Crippen LogP contribution in [0, 0.1) is 6.92 Å². The summed E-state index contributed by atoms with van der Waals surface area (Å²) in [7, 11) is 5.86. The number of hydrogen-bond donors (Lipinski definition) is 0. The van der Waals surface area contributed by atoms with Gasteiger partial charge in [-0.05, 0) is 45.5 Å². The topological polar surface area (TPSA) is 41.4 Å². The van der Waals surface area contributed by atoms with Gasteiger partial charge in [0.2, 0.25) is 0 Å². The summed E-state index contributed by atoms with van der Waals surface area (Å²) in [6, 6.07) is 8.21. The second-order valence-corrected chi connectivity index (χ2v) is 7.01. The number of halogens is 1. The molecule has 0 saturated heterocycles.